The van der Waals surface area contributed by atoms with Crippen molar-refractivity contribution in [1.29, 1.82) is 0 Å². The minimum absolute atomic E-state index is 0. The van der Waals surface area contributed by atoms with Gasteiger partial charge in [-0.3, -0.25) is 0 Å². The summed E-state index contributed by atoms with van der Waals surface area (Å²) in [6, 6.07) is 0. The zero-order valence-corrected chi connectivity index (χ0v) is 12.6. The first kappa shape index (κ1) is 17.4. The first-order valence-corrected chi connectivity index (χ1v) is 6.52. The molecule has 0 spiro atoms. The van der Waals surface area contributed by atoms with Crippen LogP contribution in [0.4, 0.5) is 17.3 Å². The Morgan fingerprint density at radius 1 is 0.650 bits per heavy atom. The summed E-state index contributed by atoms with van der Waals surface area (Å²) in [6.07, 6.45) is 17.1. The van der Waals surface area contributed by atoms with Gasteiger partial charge in [0.1, 0.15) is 0 Å². The van der Waals surface area contributed by atoms with Crippen LogP contribution >= 0.6 is 0 Å². The van der Waals surface area contributed by atoms with Gasteiger partial charge in [-0.25, -0.2) is 0 Å². The Morgan fingerprint density at radius 3 is 0.900 bits per heavy atom. The molecule has 4 rings (SSSR count). The number of rotatable bonds is 0. The van der Waals surface area contributed by atoms with Gasteiger partial charge in [0.25, 0.3) is 0 Å². The predicted molar refractivity (Wildman–Crippen MR) is 71.3 cm³/mol. The van der Waals surface area contributed by atoms with Crippen molar-refractivity contribution >= 4 is 7.25 Å². The van der Waals surface area contributed by atoms with Gasteiger partial charge in [0.15, 0.2) is 0 Å². The number of fused-ring (bicyclic) bond motifs is 4. The molecule has 4 bridgehead atoms. The van der Waals surface area contributed by atoms with E-state index in [4.69, 9.17) is 0 Å². The largest absolute Gasteiger partial charge is 1.00 e. The monoisotopic (exact) mass is 375 g/mol. The SMILES string of the molecule is C1=C2CCC(=C1)C2.C1=C2CCC(=C1)C2.F[B-](F)(F)F.[H+].[Rh]. The summed E-state index contributed by atoms with van der Waals surface area (Å²) in [5, 5.41) is 0. The van der Waals surface area contributed by atoms with Crippen LogP contribution in [0.25, 0.3) is 0 Å². The van der Waals surface area contributed by atoms with Crippen LogP contribution in [-0.2, 0) is 19.5 Å². The van der Waals surface area contributed by atoms with E-state index in [1.165, 1.54) is 38.5 Å². The van der Waals surface area contributed by atoms with Gasteiger partial charge in [0.05, 0.1) is 0 Å². The molecule has 4 aliphatic carbocycles. The first-order valence-electron chi connectivity index (χ1n) is 6.52. The van der Waals surface area contributed by atoms with Crippen molar-refractivity contribution in [2.75, 3.05) is 0 Å². The van der Waals surface area contributed by atoms with Crippen molar-refractivity contribution < 1.29 is 38.2 Å². The van der Waals surface area contributed by atoms with Crippen LogP contribution < -0.4 is 0 Å². The van der Waals surface area contributed by atoms with Gasteiger partial charge in [-0.15, -0.1) is 0 Å². The third kappa shape index (κ3) is 6.21. The maximum absolute atomic E-state index is 9.75. The minimum atomic E-state index is -6.00. The maximum atomic E-state index is 9.75. The Labute approximate surface area is 131 Å². The molecule has 0 N–H and O–H groups in total. The van der Waals surface area contributed by atoms with Crippen LogP contribution in [0.1, 0.15) is 40.0 Å². The summed E-state index contributed by atoms with van der Waals surface area (Å²) in [7, 11) is -6.00. The van der Waals surface area contributed by atoms with E-state index in [0.717, 1.165) is 0 Å². The molecule has 0 atom stereocenters. The van der Waals surface area contributed by atoms with Crippen LogP contribution in [0, 0.1) is 0 Å². The first-order chi connectivity index (χ1) is 8.90. The van der Waals surface area contributed by atoms with E-state index in [1.54, 1.807) is 22.3 Å². The Kier molecular flexibility index (Phi) is 6.44. The fourth-order valence-corrected chi connectivity index (χ4v) is 2.62. The topological polar surface area (TPSA) is 0 Å². The van der Waals surface area contributed by atoms with E-state index in [-0.39, 0.29) is 20.9 Å². The van der Waals surface area contributed by atoms with Crippen LogP contribution in [0.15, 0.2) is 46.6 Å². The molecule has 2 saturated carbocycles. The molecule has 4 aliphatic rings. The molecule has 0 unspecified atom stereocenters. The standard InChI is InChI=1S/2C7H8.BF4.Rh/c2*1-2-7-4-3-6(1)5-7;2-1(3,4)5;/h2*1-2H,3-5H2;;/q;;-1;/p+1. The number of halogens is 4. The van der Waals surface area contributed by atoms with Crippen LogP contribution in [0.2, 0.25) is 0 Å². The third-order valence-corrected chi connectivity index (χ3v) is 3.55. The summed E-state index contributed by atoms with van der Waals surface area (Å²) in [4.78, 5) is 0. The third-order valence-electron chi connectivity index (χ3n) is 3.55. The molecular weight excluding hydrogens is 358 g/mol. The van der Waals surface area contributed by atoms with Gasteiger partial charge >= 0.3 is 8.68 Å². The molecule has 1 radical (unpaired) electrons. The molecule has 2 fully saturated rings. The Morgan fingerprint density at radius 2 is 0.850 bits per heavy atom. The normalized spacial score (nSPS) is 20.6. The van der Waals surface area contributed by atoms with Crippen LogP contribution in [-0.4, -0.2) is 7.25 Å². The number of allylic oxidation sites excluding steroid dienone is 8. The molecule has 0 aliphatic heterocycles. The molecule has 0 nitrogen and oxygen atoms in total. The van der Waals surface area contributed by atoms with Crippen LogP contribution in [0.3, 0.4) is 0 Å². The van der Waals surface area contributed by atoms with Gasteiger partial charge in [-0.1, -0.05) is 46.6 Å². The maximum Gasteiger partial charge on any atom is 1.00 e. The zero-order valence-electron chi connectivity index (χ0n) is 12.0. The molecule has 0 aromatic carbocycles. The molecule has 0 amide bonds. The van der Waals surface area contributed by atoms with Crippen molar-refractivity contribution in [2.24, 2.45) is 0 Å². The van der Waals surface area contributed by atoms with Crippen LogP contribution in [0.5, 0.6) is 0 Å². The quantitative estimate of drug-likeness (QED) is 0.389. The van der Waals surface area contributed by atoms with E-state index in [0.29, 0.717) is 0 Å². The number of hydrogen-bond acceptors (Lipinski definition) is 0. The van der Waals surface area contributed by atoms with Gasteiger partial charge < -0.3 is 17.3 Å². The summed E-state index contributed by atoms with van der Waals surface area (Å²) in [5.41, 5.74) is 6.59. The van der Waals surface area contributed by atoms with Crippen molar-refractivity contribution in [3.8, 4) is 0 Å². The summed E-state index contributed by atoms with van der Waals surface area (Å²) in [5.74, 6) is 0. The smallest absolute Gasteiger partial charge is 0.418 e. The van der Waals surface area contributed by atoms with E-state index >= 15 is 0 Å². The van der Waals surface area contributed by atoms with E-state index < -0.39 is 7.25 Å². The fraction of sp³-hybridized carbons (Fsp3) is 0.429. The van der Waals surface area contributed by atoms with Crippen molar-refractivity contribution in [3.05, 3.63) is 46.6 Å². The molecule has 6 heteroatoms. The predicted octanol–water partition coefficient (Wildman–Crippen LogP) is 5.48. The second-order valence-electron chi connectivity index (χ2n) is 5.15. The van der Waals surface area contributed by atoms with Crippen molar-refractivity contribution in [2.45, 2.75) is 38.5 Å². The van der Waals surface area contributed by atoms with Gasteiger partial charge in [-0.2, -0.15) is 0 Å². The fourth-order valence-electron chi connectivity index (χ4n) is 2.62. The van der Waals surface area contributed by atoms with E-state index in [1.807, 2.05) is 0 Å². The molecule has 20 heavy (non-hydrogen) atoms. The van der Waals surface area contributed by atoms with Gasteiger partial charge in [0, 0.05) is 19.5 Å². The number of hydrogen-bond donors (Lipinski definition) is 0. The van der Waals surface area contributed by atoms with Gasteiger partial charge in [-0.05, 0) is 38.5 Å². The van der Waals surface area contributed by atoms with Crippen molar-refractivity contribution in [3.63, 3.8) is 0 Å². The second kappa shape index (κ2) is 7.40. The van der Waals surface area contributed by atoms with E-state index in [2.05, 4.69) is 24.3 Å². The summed E-state index contributed by atoms with van der Waals surface area (Å²) in [6.45, 7) is 0. The van der Waals surface area contributed by atoms with Gasteiger partial charge in [0.2, 0.25) is 0 Å². The second-order valence-corrected chi connectivity index (χ2v) is 5.15. The average Bonchev–Trinajstić information content (AvgIpc) is 3.10. The average molecular weight is 375 g/mol. The molecular formula is C14H17BF4Rh. The zero-order chi connectivity index (χ0) is 13.9. The Hall–Kier alpha value is -0.632. The molecule has 0 saturated heterocycles. The minimum Gasteiger partial charge on any atom is -0.418 e. The Balaban J connectivity index is 0.000000279. The molecule has 0 aromatic rings. The molecule has 0 aromatic heterocycles. The van der Waals surface area contributed by atoms with E-state index in [9.17, 15) is 17.3 Å². The summed E-state index contributed by atoms with van der Waals surface area (Å²) >= 11 is 0. The summed E-state index contributed by atoms with van der Waals surface area (Å²) < 4.78 is 39.0. The van der Waals surface area contributed by atoms with Crippen molar-refractivity contribution in [1.82, 2.24) is 0 Å². The Bertz CT molecular complexity index is 398. The molecule has 0 heterocycles. The molecule has 113 valence electrons.